The number of anilines is 1. The number of fused-ring (bicyclic) bond motifs is 2. The molecule has 3 aromatic rings. The Hall–Kier alpha value is -3.21. The second kappa shape index (κ2) is 9.92. The monoisotopic (exact) mass is 531 g/mol. The molecule has 0 amide bonds. The Morgan fingerprint density at radius 1 is 1.38 bits per heavy atom. The summed E-state index contributed by atoms with van der Waals surface area (Å²) in [5, 5.41) is 25.5. The molecule has 2 aliphatic rings. The molecule has 14 heteroatoms. The molecular weight excluding hydrogens is 505 g/mol. The number of hydrogen-bond acceptors (Lipinski definition) is 12. The Kier molecular flexibility index (Phi) is 6.82. The molecule has 4 heterocycles. The molecule has 4 N–H and O–H groups in total. The molecule has 37 heavy (non-hydrogen) atoms. The van der Waals surface area contributed by atoms with E-state index in [4.69, 9.17) is 28.8 Å². The number of aromatic nitrogens is 3. The van der Waals surface area contributed by atoms with Crippen molar-refractivity contribution in [1.29, 1.82) is 5.26 Å². The maximum atomic E-state index is 12.4. The molecule has 2 saturated heterocycles. The number of ether oxygens (including phenoxy) is 2. The van der Waals surface area contributed by atoms with Crippen molar-refractivity contribution in [2.45, 2.75) is 43.9 Å². The number of esters is 1. The fourth-order valence-electron chi connectivity index (χ4n) is 4.43. The normalized spacial score (nSPS) is 27.4. The number of benzene rings is 1. The molecule has 0 unspecified atom stereocenters. The number of hydrogen-bond donors (Lipinski definition) is 3. The number of nitrogens with two attached hydrogens (primary N) is 1. The van der Waals surface area contributed by atoms with E-state index >= 15 is 0 Å². The van der Waals surface area contributed by atoms with Crippen molar-refractivity contribution in [2.24, 2.45) is 0 Å². The van der Waals surface area contributed by atoms with Gasteiger partial charge in [-0.05, 0) is 0 Å². The number of aliphatic hydroxyl groups excluding tert-OH is 1. The molecule has 2 fully saturated rings. The Balaban J connectivity index is 1.35. The van der Waals surface area contributed by atoms with Gasteiger partial charge in [-0.15, -0.1) is 0 Å². The molecule has 0 bridgehead atoms. The SMILES string of the molecule is CCCOC(=O)c1ccccc1CO[PH]1(O)OC[C@H]2O[C@@](C#N)(c3ccc4c(N)ncnn34)[C@H](O)[C@@H]2O1. The number of nitriles is 1. The first kappa shape index (κ1) is 25.4. The summed E-state index contributed by atoms with van der Waals surface area (Å²) in [4.78, 5) is 27.3. The average Bonchev–Trinajstić information content (AvgIpc) is 3.47. The summed E-state index contributed by atoms with van der Waals surface area (Å²) in [5.74, 6) is -0.324. The fraction of sp³-hybridized carbons (Fsp3) is 0.391. The molecule has 1 aromatic carbocycles. The van der Waals surface area contributed by atoms with Gasteiger partial charge in [0.25, 0.3) is 0 Å². The maximum absolute atomic E-state index is 12.4. The Labute approximate surface area is 211 Å². The quantitative estimate of drug-likeness (QED) is 0.295. The number of rotatable bonds is 7. The molecular formula is C23H26N5O8P. The molecule has 0 radical (unpaired) electrons. The van der Waals surface area contributed by atoms with Gasteiger partial charge in [-0.3, -0.25) is 0 Å². The molecule has 5 rings (SSSR count). The standard InChI is InChI=1S/C23H26N5O8P/c1-2-9-32-22(30)15-6-4-3-5-14(15)10-33-37(31)34-11-17-19(36-37)20(29)23(12-24,35-17)18-8-7-16-21(25)26-13-27-28(16)18/h3-8,13,17,19-20,29,31,37H,2,9-11H2,1H3,(H2,25,26,27)/t17-,19-,20-,23+/m1/s1. The third kappa shape index (κ3) is 4.43. The first-order valence-electron chi connectivity index (χ1n) is 11.6. The van der Waals surface area contributed by atoms with Gasteiger partial charge in [-0.1, -0.05) is 0 Å². The van der Waals surface area contributed by atoms with Crippen LogP contribution in [0.4, 0.5) is 5.82 Å². The fourth-order valence-corrected chi connectivity index (χ4v) is 5.99. The third-order valence-corrected chi connectivity index (χ3v) is 7.87. The first-order valence-corrected chi connectivity index (χ1v) is 13.3. The van der Waals surface area contributed by atoms with Gasteiger partial charge in [0.1, 0.15) is 0 Å². The van der Waals surface area contributed by atoms with Gasteiger partial charge in [0.15, 0.2) is 0 Å². The summed E-state index contributed by atoms with van der Waals surface area (Å²) < 4.78 is 29.4. The summed E-state index contributed by atoms with van der Waals surface area (Å²) in [6.45, 7) is 1.75. The van der Waals surface area contributed by atoms with E-state index in [-0.39, 0.29) is 36.9 Å². The van der Waals surface area contributed by atoms with Gasteiger partial charge in [0.05, 0.1) is 0 Å². The van der Waals surface area contributed by atoms with Crippen LogP contribution >= 0.6 is 8.17 Å². The van der Waals surface area contributed by atoms with Gasteiger partial charge in [0.2, 0.25) is 0 Å². The number of carbonyl (C=O) groups excluding carboxylic acids is 1. The van der Waals surface area contributed by atoms with E-state index in [1.807, 2.05) is 13.0 Å². The van der Waals surface area contributed by atoms with Crippen molar-refractivity contribution in [3.8, 4) is 6.07 Å². The Morgan fingerprint density at radius 3 is 2.97 bits per heavy atom. The molecule has 0 spiro atoms. The zero-order valence-electron chi connectivity index (χ0n) is 19.8. The van der Waals surface area contributed by atoms with Crippen molar-refractivity contribution < 1.29 is 37.8 Å². The minimum atomic E-state index is -4.31. The van der Waals surface area contributed by atoms with Crippen LogP contribution in [0.1, 0.15) is 35.0 Å². The van der Waals surface area contributed by atoms with Crippen molar-refractivity contribution in [3.63, 3.8) is 0 Å². The molecule has 0 aliphatic carbocycles. The van der Waals surface area contributed by atoms with Gasteiger partial charge in [0, 0.05) is 0 Å². The summed E-state index contributed by atoms with van der Waals surface area (Å²) in [7, 11) is -4.31. The zero-order chi connectivity index (χ0) is 26.2. The van der Waals surface area contributed by atoms with Crippen LogP contribution in [0.3, 0.4) is 0 Å². The van der Waals surface area contributed by atoms with E-state index in [0.717, 1.165) is 0 Å². The van der Waals surface area contributed by atoms with Gasteiger partial charge >= 0.3 is 212 Å². The molecule has 2 aliphatic heterocycles. The molecule has 13 nitrogen and oxygen atoms in total. The van der Waals surface area contributed by atoms with Gasteiger partial charge < -0.3 is 0 Å². The number of aliphatic hydroxyl groups is 1. The molecule has 196 valence electrons. The van der Waals surface area contributed by atoms with Crippen molar-refractivity contribution in [2.75, 3.05) is 18.9 Å². The van der Waals surface area contributed by atoms with Crippen LogP contribution in [0.25, 0.3) is 5.52 Å². The first-order chi connectivity index (χ1) is 17.8. The van der Waals surface area contributed by atoms with E-state index in [2.05, 4.69) is 10.1 Å². The third-order valence-electron chi connectivity index (χ3n) is 6.26. The topological polar surface area (TPSA) is 184 Å². The van der Waals surface area contributed by atoms with Crippen molar-refractivity contribution >= 4 is 25.5 Å². The average molecular weight is 531 g/mol. The zero-order valence-corrected chi connectivity index (χ0v) is 20.8. The van der Waals surface area contributed by atoms with Crippen LogP contribution in [0.15, 0.2) is 42.7 Å². The van der Waals surface area contributed by atoms with Crippen LogP contribution in [0.2, 0.25) is 0 Å². The van der Waals surface area contributed by atoms with Crippen molar-refractivity contribution in [1.82, 2.24) is 14.6 Å². The van der Waals surface area contributed by atoms with E-state index < -0.39 is 38.1 Å². The van der Waals surface area contributed by atoms with Crippen LogP contribution < -0.4 is 5.73 Å². The second-order valence-corrected chi connectivity index (χ2v) is 10.5. The number of nitrogen functional groups attached to an aromatic ring is 1. The summed E-state index contributed by atoms with van der Waals surface area (Å²) in [6, 6.07) is 11.8. The van der Waals surface area contributed by atoms with E-state index in [0.29, 0.717) is 17.5 Å². The molecule has 2 aromatic heterocycles. The van der Waals surface area contributed by atoms with Crippen LogP contribution in [-0.4, -0.2) is 62.1 Å². The van der Waals surface area contributed by atoms with E-state index in [9.17, 15) is 20.1 Å². The summed E-state index contributed by atoms with van der Waals surface area (Å²) in [5.41, 5.74) is 5.41. The second-order valence-electron chi connectivity index (χ2n) is 8.61. The predicted octanol–water partition coefficient (Wildman–Crippen LogP) is 1.39. The molecule has 4 atom stereocenters. The molecule has 0 saturated carbocycles. The van der Waals surface area contributed by atoms with Crippen LogP contribution in [-0.2, 0) is 35.3 Å². The Morgan fingerprint density at radius 2 is 2.19 bits per heavy atom. The minimum absolute atomic E-state index is 0.188. The van der Waals surface area contributed by atoms with E-state index in [1.54, 1.807) is 36.4 Å². The van der Waals surface area contributed by atoms with Crippen LogP contribution in [0, 0.1) is 11.3 Å². The predicted molar refractivity (Wildman–Crippen MR) is 129 cm³/mol. The van der Waals surface area contributed by atoms with Crippen LogP contribution in [0.5, 0.6) is 0 Å². The summed E-state index contributed by atoms with van der Waals surface area (Å²) in [6.07, 6.45) is -1.65. The van der Waals surface area contributed by atoms with Gasteiger partial charge in [-0.25, -0.2) is 0 Å². The number of carbonyl (C=O) groups is 1. The summed E-state index contributed by atoms with van der Waals surface area (Å²) >= 11 is 0. The van der Waals surface area contributed by atoms with Crippen molar-refractivity contribution in [3.05, 3.63) is 59.5 Å². The Bertz CT molecular complexity index is 1360. The number of nitrogens with zero attached hydrogens (tertiary/aromatic N) is 4. The van der Waals surface area contributed by atoms with E-state index in [1.165, 1.54) is 10.8 Å². The van der Waals surface area contributed by atoms with Gasteiger partial charge in [-0.2, -0.15) is 0 Å².